The molecule has 2 aromatic carbocycles. The van der Waals surface area contributed by atoms with Gasteiger partial charge in [-0.1, -0.05) is 46.3 Å². The second-order valence-electron chi connectivity index (χ2n) is 7.53. The van der Waals surface area contributed by atoms with Crippen LogP contribution in [0, 0.1) is 5.92 Å². The standard InChI is InChI=1S/C22H23BrN4O3S/c23-19-8-6-17(7-9-19)15-26-16-20(14-24-26)25-22(28)18-10-12-27(13-11-18)31(29,30)21-4-2-1-3-5-21/h1-9,14,16,18H,10-13,15H2,(H,25,28). The van der Waals surface area contributed by atoms with Crippen molar-refractivity contribution in [2.75, 3.05) is 18.4 Å². The minimum atomic E-state index is -3.51. The van der Waals surface area contributed by atoms with Crippen molar-refractivity contribution in [3.05, 3.63) is 77.0 Å². The van der Waals surface area contributed by atoms with Crippen LogP contribution in [0.1, 0.15) is 18.4 Å². The lowest BCUT2D eigenvalue weighted by atomic mass is 9.97. The number of amides is 1. The summed E-state index contributed by atoms with van der Waals surface area (Å²) in [5.41, 5.74) is 1.75. The van der Waals surface area contributed by atoms with E-state index in [1.807, 2.05) is 24.3 Å². The summed E-state index contributed by atoms with van der Waals surface area (Å²) in [5.74, 6) is -0.322. The average Bonchev–Trinajstić information content (AvgIpc) is 3.22. The zero-order valence-electron chi connectivity index (χ0n) is 16.8. The molecule has 7 nitrogen and oxygen atoms in total. The first kappa shape index (κ1) is 21.7. The summed E-state index contributed by atoms with van der Waals surface area (Å²) in [4.78, 5) is 13.0. The summed E-state index contributed by atoms with van der Waals surface area (Å²) in [7, 11) is -3.51. The molecule has 9 heteroatoms. The van der Waals surface area contributed by atoms with Crippen LogP contribution in [0.5, 0.6) is 0 Å². The average molecular weight is 503 g/mol. The molecule has 2 heterocycles. The molecule has 4 rings (SSSR count). The van der Waals surface area contributed by atoms with Gasteiger partial charge in [-0.3, -0.25) is 9.48 Å². The fourth-order valence-corrected chi connectivity index (χ4v) is 5.39. The SMILES string of the molecule is O=C(Nc1cnn(Cc2ccc(Br)cc2)c1)C1CCN(S(=O)(=O)c2ccccc2)CC1. The van der Waals surface area contributed by atoms with Gasteiger partial charge in [-0.2, -0.15) is 9.40 Å². The quantitative estimate of drug-likeness (QED) is 0.556. The number of carbonyl (C=O) groups is 1. The third-order valence-electron chi connectivity index (χ3n) is 5.36. The summed E-state index contributed by atoms with van der Waals surface area (Å²) in [6.07, 6.45) is 4.41. The number of nitrogens with zero attached hydrogens (tertiary/aromatic N) is 3. The zero-order valence-corrected chi connectivity index (χ0v) is 19.2. The van der Waals surface area contributed by atoms with Crippen LogP contribution < -0.4 is 5.32 Å². The number of halogens is 1. The molecular formula is C22H23BrN4O3S. The maximum atomic E-state index is 12.7. The summed E-state index contributed by atoms with van der Waals surface area (Å²) in [6, 6.07) is 16.4. The van der Waals surface area contributed by atoms with Crippen molar-refractivity contribution in [3.63, 3.8) is 0 Å². The molecule has 0 saturated carbocycles. The van der Waals surface area contributed by atoms with Crippen molar-refractivity contribution >= 4 is 37.5 Å². The van der Waals surface area contributed by atoms with Gasteiger partial charge in [0.25, 0.3) is 0 Å². The van der Waals surface area contributed by atoms with Crippen molar-refractivity contribution in [2.45, 2.75) is 24.3 Å². The Hall–Kier alpha value is -2.49. The molecule has 0 aliphatic carbocycles. The zero-order chi connectivity index (χ0) is 21.8. The first-order valence-corrected chi connectivity index (χ1v) is 12.3. The number of benzene rings is 2. The smallest absolute Gasteiger partial charge is 0.243 e. The lowest BCUT2D eigenvalue weighted by molar-refractivity contribution is -0.120. The van der Waals surface area contributed by atoms with Gasteiger partial charge in [-0.15, -0.1) is 0 Å². The fraction of sp³-hybridized carbons (Fsp3) is 0.273. The van der Waals surface area contributed by atoms with E-state index in [0.717, 1.165) is 10.0 Å². The minimum absolute atomic E-state index is 0.0973. The monoisotopic (exact) mass is 502 g/mol. The molecule has 0 atom stereocenters. The van der Waals surface area contributed by atoms with E-state index in [2.05, 4.69) is 26.3 Å². The molecule has 31 heavy (non-hydrogen) atoms. The number of sulfonamides is 1. The highest BCUT2D eigenvalue weighted by atomic mass is 79.9. The Morgan fingerprint density at radius 1 is 1.06 bits per heavy atom. The Balaban J connectivity index is 1.31. The van der Waals surface area contributed by atoms with Crippen LogP contribution in [-0.2, 0) is 21.4 Å². The highest BCUT2D eigenvalue weighted by molar-refractivity contribution is 9.10. The van der Waals surface area contributed by atoms with Gasteiger partial charge in [0.1, 0.15) is 0 Å². The maximum Gasteiger partial charge on any atom is 0.243 e. The van der Waals surface area contributed by atoms with E-state index >= 15 is 0 Å². The molecule has 1 fully saturated rings. The molecular weight excluding hydrogens is 480 g/mol. The van der Waals surface area contributed by atoms with E-state index in [4.69, 9.17) is 0 Å². The van der Waals surface area contributed by atoms with Crippen LogP contribution in [0.3, 0.4) is 0 Å². The number of rotatable bonds is 6. The van der Waals surface area contributed by atoms with Crippen molar-refractivity contribution < 1.29 is 13.2 Å². The Morgan fingerprint density at radius 2 is 1.74 bits per heavy atom. The second kappa shape index (κ2) is 9.33. The van der Waals surface area contributed by atoms with Gasteiger partial charge in [0.15, 0.2) is 0 Å². The van der Waals surface area contributed by atoms with E-state index in [1.54, 1.807) is 47.4 Å². The van der Waals surface area contributed by atoms with Gasteiger partial charge >= 0.3 is 0 Å². The Labute approximate surface area is 190 Å². The van der Waals surface area contributed by atoms with Crippen LogP contribution >= 0.6 is 15.9 Å². The van der Waals surface area contributed by atoms with Crippen LogP contribution in [0.2, 0.25) is 0 Å². The summed E-state index contributed by atoms with van der Waals surface area (Å²) in [6.45, 7) is 1.27. The number of carbonyl (C=O) groups excluding carboxylic acids is 1. The molecule has 1 aromatic heterocycles. The number of hydrogen-bond donors (Lipinski definition) is 1. The van der Waals surface area contributed by atoms with Gasteiger partial charge in [0.2, 0.25) is 15.9 Å². The molecule has 0 radical (unpaired) electrons. The van der Waals surface area contributed by atoms with Gasteiger partial charge in [0.05, 0.1) is 23.3 Å². The molecule has 1 aliphatic heterocycles. The second-order valence-corrected chi connectivity index (χ2v) is 10.4. The van der Waals surface area contributed by atoms with Gasteiger partial charge in [-0.05, 0) is 42.7 Å². The third kappa shape index (κ3) is 5.23. The summed E-state index contributed by atoms with van der Waals surface area (Å²) >= 11 is 3.42. The molecule has 3 aromatic rings. The fourth-order valence-electron chi connectivity index (χ4n) is 3.64. The first-order chi connectivity index (χ1) is 14.9. The Kier molecular flexibility index (Phi) is 6.54. The summed E-state index contributed by atoms with van der Waals surface area (Å²) in [5, 5.41) is 7.23. The molecule has 0 unspecified atom stereocenters. The number of nitrogens with one attached hydrogen (secondary N) is 1. The van der Waals surface area contributed by atoms with Crippen molar-refractivity contribution in [3.8, 4) is 0 Å². The largest absolute Gasteiger partial charge is 0.323 e. The van der Waals surface area contributed by atoms with Crippen molar-refractivity contribution in [2.24, 2.45) is 5.92 Å². The van der Waals surface area contributed by atoms with Gasteiger partial charge in [0, 0.05) is 29.7 Å². The van der Waals surface area contributed by atoms with Crippen LogP contribution in [0.4, 0.5) is 5.69 Å². The van der Waals surface area contributed by atoms with E-state index in [1.165, 1.54) is 4.31 Å². The topological polar surface area (TPSA) is 84.3 Å². The molecule has 1 N–H and O–H groups in total. The molecule has 0 bridgehead atoms. The van der Waals surface area contributed by atoms with Crippen LogP contribution in [0.25, 0.3) is 0 Å². The number of piperidine rings is 1. The normalized spacial score (nSPS) is 15.6. The number of aromatic nitrogens is 2. The Bertz CT molecular complexity index is 1140. The van der Waals surface area contributed by atoms with Gasteiger partial charge < -0.3 is 5.32 Å². The van der Waals surface area contributed by atoms with Crippen molar-refractivity contribution in [1.29, 1.82) is 0 Å². The van der Waals surface area contributed by atoms with Crippen LogP contribution in [-0.4, -0.2) is 41.5 Å². The van der Waals surface area contributed by atoms with Crippen LogP contribution in [0.15, 0.2) is 76.4 Å². The van der Waals surface area contributed by atoms with Gasteiger partial charge in [-0.25, -0.2) is 8.42 Å². The predicted molar refractivity (Wildman–Crippen MR) is 122 cm³/mol. The molecule has 162 valence electrons. The Morgan fingerprint density at radius 3 is 2.42 bits per heavy atom. The molecule has 1 aliphatic rings. The first-order valence-electron chi connectivity index (χ1n) is 10.0. The van der Waals surface area contributed by atoms with E-state index in [9.17, 15) is 13.2 Å². The maximum absolute atomic E-state index is 12.7. The van der Waals surface area contributed by atoms with E-state index in [-0.39, 0.29) is 16.7 Å². The lowest BCUT2D eigenvalue weighted by Gasteiger charge is -2.30. The molecule has 0 spiro atoms. The lowest BCUT2D eigenvalue weighted by Crippen LogP contribution is -2.41. The minimum Gasteiger partial charge on any atom is -0.323 e. The third-order valence-corrected chi connectivity index (χ3v) is 7.81. The number of hydrogen-bond acceptors (Lipinski definition) is 4. The summed E-state index contributed by atoms with van der Waals surface area (Å²) < 4.78 is 29.7. The highest BCUT2D eigenvalue weighted by Crippen LogP contribution is 2.25. The highest BCUT2D eigenvalue weighted by Gasteiger charge is 2.32. The predicted octanol–water partition coefficient (Wildman–Crippen LogP) is 3.73. The van der Waals surface area contributed by atoms with E-state index in [0.29, 0.717) is 38.2 Å². The molecule has 1 saturated heterocycles. The number of anilines is 1. The molecule has 1 amide bonds. The van der Waals surface area contributed by atoms with Crippen molar-refractivity contribution in [1.82, 2.24) is 14.1 Å². The van der Waals surface area contributed by atoms with E-state index < -0.39 is 10.0 Å².